The molecule has 186 valence electrons. The Bertz CT molecular complexity index is 1210. The van der Waals surface area contributed by atoms with Crippen LogP contribution >= 0.6 is 0 Å². The van der Waals surface area contributed by atoms with Crippen LogP contribution in [-0.4, -0.2) is 46.1 Å². The fourth-order valence-electron chi connectivity index (χ4n) is 4.60. The number of carbonyl (C=O) groups excluding carboxylic acids is 2. The van der Waals surface area contributed by atoms with E-state index in [9.17, 15) is 14.9 Å². The number of nitrogens with one attached hydrogen (secondary N) is 1. The molecular formula is C28H32N6O2. The Morgan fingerprint density at radius 1 is 1.03 bits per heavy atom. The first-order valence-electron chi connectivity index (χ1n) is 12.5. The van der Waals surface area contributed by atoms with Crippen molar-refractivity contribution in [3.8, 4) is 11.8 Å². The van der Waals surface area contributed by atoms with Crippen LogP contribution in [0.25, 0.3) is 5.69 Å². The average Bonchev–Trinajstić information content (AvgIpc) is 3.25. The highest BCUT2D eigenvalue weighted by molar-refractivity contribution is 5.80. The van der Waals surface area contributed by atoms with Crippen molar-refractivity contribution in [2.45, 2.75) is 38.5 Å². The molecule has 1 saturated heterocycles. The van der Waals surface area contributed by atoms with E-state index in [1.165, 1.54) is 0 Å². The third kappa shape index (κ3) is 6.11. The van der Waals surface area contributed by atoms with Gasteiger partial charge in [-0.1, -0.05) is 48.5 Å². The van der Waals surface area contributed by atoms with Crippen molar-refractivity contribution in [1.29, 1.82) is 5.26 Å². The van der Waals surface area contributed by atoms with Gasteiger partial charge in [-0.05, 0) is 49.8 Å². The summed E-state index contributed by atoms with van der Waals surface area (Å²) in [6.45, 7) is 1.74. The minimum Gasteiger partial charge on any atom is -0.382 e. The monoisotopic (exact) mass is 484 g/mol. The number of hydrogen-bond acceptors (Lipinski definition) is 5. The summed E-state index contributed by atoms with van der Waals surface area (Å²) in [5, 5.41) is 17.1. The van der Waals surface area contributed by atoms with E-state index in [1.807, 2.05) is 65.6 Å². The maximum Gasteiger partial charge on any atom is 0.223 e. The first-order chi connectivity index (χ1) is 17.6. The first-order valence-corrected chi connectivity index (χ1v) is 12.5. The lowest BCUT2D eigenvalue weighted by molar-refractivity contribution is -0.135. The van der Waals surface area contributed by atoms with Crippen LogP contribution in [0.3, 0.4) is 0 Å². The van der Waals surface area contributed by atoms with Gasteiger partial charge in [0.2, 0.25) is 11.8 Å². The molecule has 3 N–H and O–H groups in total. The third-order valence-electron chi connectivity index (χ3n) is 6.68. The highest BCUT2D eigenvalue weighted by Crippen LogP contribution is 2.22. The van der Waals surface area contributed by atoms with Gasteiger partial charge in [-0.25, -0.2) is 4.68 Å². The van der Waals surface area contributed by atoms with Crippen LogP contribution in [0.1, 0.15) is 42.5 Å². The molecular weight excluding hydrogens is 452 g/mol. The lowest BCUT2D eigenvalue weighted by Gasteiger charge is -2.31. The summed E-state index contributed by atoms with van der Waals surface area (Å²) in [4.78, 5) is 27.1. The van der Waals surface area contributed by atoms with E-state index in [1.54, 1.807) is 4.68 Å². The van der Waals surface area contributed by atoms with E-state index in [0.717, 1.165) is 17.7 Å². The van der Waals surface area contributed by atoms with Crippen molar-refractivity contribution in [2.75, 3.05) is 25.4 Å². The molecule has 1 fully saturated rings. The summed E-state index contributed by atoms with van der Waals surface area (Å²) in [6, 6.07) is 21.6. The summed E-state index contributed by atoms with van der Waals surface area (Å²) in [5.41, 5.74) is 9.14. The average molecular weight is 485 g/mol. The molecule has 3 aromatic rings. The molecule has 0 spiro atoms. The van der Waals surface area contributed by atoms with Crippen LogP contribution in [0.5, 0.6) is 0 Å². The summed E-state index contributed by atoms with van der Waals surface area (Å²) in [7, 11) is 0. The molecule has 4 rings (SSSR count). The molecule has 0 saturated carbocycles. The quantitative estimate of drug-likeness (QED) is 0.452. The Hall–Kier alpha value is -4.12. The number of benzene rings is 2. The number of likely N-dealkylation sites (tertiary alicyclic amines) is 1. The summed E-state index contributed by atoms with van der Waals surface area (Å²) < 4.78 is 1.58. The van der Waals surface area contributed by atoms with Crippen molar-refractivity contribution < 1.29 is 9.59 Å². The number of amides is 2. The van der Waals surface area contributed by atoms with E-state index in [4.69, 9.17) is 5.73 Å². The second-order valence-electron chi connectivity index (χ2n) is 9.10. The Morgan fingerprint density at radius 2 is 1.69 bits per heavy atom. The number of para-hydroxylation sites is 1. The number of nitrogens with two attached hydrogens (primary N) is 1. The van der Waals surface area contributed by atoms with Gasteiger partial charge in [-0.3, -0.25) is 9.59 Å². The van der Waals surface area contributed by atoms with Crippen LogP contribution in [0.4, 0.5) is 5.82 Å². The zero-order chi connectivity index (χ0) is 25.3. The standard InChI is InChI=1S/C28H32N6O2/c29-20-24-25(32-34(27(24)30)23-10-5-2-6-11-23)12-7-17-31-28(36)22-15-18-33(19-16-22)26(35)14-13-21-8-3-1-4-9-21/h1-6,8-11,22H,7,12-19,30H2,(H,31,36). The maximum atomic E-state index is 12.7. The van der Waals surface area contributed by atoms with Gasteiger partial charge in [0, 0.05) is 32.0 Å². The van der Waals surface area contributed by atoms with Gasteiger partial charge in [-0.2, -0.15) is 10.4 Å². The number of nitrogen functional groups attached to an aromatic ring is 1. The zero-order valence-electron chi connectivity index (χ0n) is 20.4. The van der Waals surface area contributed by atoms with E-state index < -0.39 is 0 Å². The van der Waals surface area contributed by atoms with E-state index in [2.05, 4.69) is 16.5 Å². The van der Waals surface area contributed by atoms with Crippen LogP contribution < -0.4 is 11.1 Å². The summed E-state index contributed by atoms with van der Waals surface area (Å²) >= 11 is 0. The Labute approximate surface area is 211 Å². The van der Waals surface area contributed by atoms with Crippen molar-refractivity contribution in [3.05, 3.63) is 77.5 Å². The Balaban J connectivity index is 1.19. The highest BCUT2D eigenvalue weighted by atomic mass is 16.2. The second-order valence-corrected chi connectivity index (χ2v) is 9.10. The summed E-state index contributed by atoms with van der Waals surface area (Å²) in [5.74, 6) is 0.431. The smallest absolute Gasteiger partial charge is 0.223 e. The first kappa shape index (κ1) is 25.0. The number of nitrogens with zero attached hydrogens (tertiary/aromatic N) is 4. The number of anilines is 1. The molecule has 2 aromatic carbocycles. The Kier molecular flexibility index (Phi) is 8.35. The molecule has 0 atom stereocenters. The molecule has 0 bridgehead atoms. The molecule has 1 aliphatic heterocycles. The lowest BCUT2D eigenvalue weighted by Crippen LogP contribution is -2.43. The normalized spacial score (nSPS) is 13.8. The Morgan fingerprint density at radius 3 is 2.36 bits per heavy atom. The van der Waals surface area contributed by atoms with Crippen LogP contribution in [-0.2, 0) is 22.4 Å². The van der Waals surface area contributed by atoms with Crippen molar-refractivity contribution in [3.63, 3.8) is 0 Å². The number of rotatable bonds is 9. The van der Waals surface area contributed by atoms with Gasteiger partial charge in [0.25, 0.3) is 0 Å². The van der Waals surface area contributed by atoms with Crippen LogP contribution in [0, 0.1) is 17.2 Å². The SMILES string of the molecule is N#Cc1c(CCCNC(=O)C2CCN(C(=O)CCc3ccccc3)CC2)nn(-c2ccccc2)c1N. The highest BCUT2D eigenvalue weighted by Gasteiger charge is 2.27. The van der Waals surface area contributed by atoms with E-state index >= 15 is 0 Å². The van der Waals surface area contributed by atoms with Gasteiger partial charge in [0.05, 0.1) is 11.4 Å². The topological polar surface area (TPSA) is 117 Å². The molecule has 1 aromatic heterocycles. The van der Waals surface area contributed by atoms with Gasteiger partial charge < -0.3 is 16.0 Å². The van der Waals surface area contributed by atoms with E-state index in [-0.39, 0.29) is 17.7 Å². The number of carbonyl (C=O) groups is 2. The lowest BCUT2D eigenvalue weighted by atomic mass is 9.95. The van der Waals surface area contributed by atoms with Gasteiger partial charge in [0.15, 0.2) is 0 Å². The van der Waals surface area contributed by atoms with Gasteiger partial charge in [-0.15, -0.1) is 0 Å². The third-order valence-corrected chi connectivity index (χ3v) is 6.68. The molecule has 2 amide bonds. The van der Waals surface area contributed by atoms with Crippen LogP contribution in [0.15, 0.2) is 60.7 Å². The van der Waals surface area contributed by atoms with Crippen molar-refractivity contribution in [2.24, 2.45) is 5.92 Å². The minimum atomic E-state index is -0.0780. The predicted octanol–water partition coefficient (Wildman–Crippen LogP) is 3.25. The molecule has 0 unspecified atom stereocenters. The molecule has 8 heteroatoms. The molecule has 2 heterocycles. The van der Waals surface area contributed by atoms with Crippen molar-refractivity contribution >= 4 is 17.6 Å². The molecule has 0 radical (unpaired) electrons. The molecule has 8 nitrogen and oxygen atoms in total. The number of hydrogen-bond donors (Lipinski definition) is 2. The fraction of sp³-hybridized carbons (Fsp3) is 0.357. The summed E-state index contributed by atoms with van der Waals surface area (Å²) in [6.07, 6.45) is 3.79. The maximum absolute atomic E-state index is 12.7. The second kappa shape index (κ2) is 12.0. The van der Waals surface area contributed by atoms with Crippen molar-refractivity contribution in [1.82, 2.24) is 20.0 Å². The fourth-order valence-corrected chi connectivity index (χ4v) is 4.60. The van der Waals surface area contributed by atoms with Gasteiger partial charge in [0.1, 0.15) is 17.5 Å². The number of piperidine rings is 1. The largest absolute Gasteiger partial charge is 0.382 e. The van der Waals surface area contributed by atoms with E-state index in [0.29, 0.717) is 68.8 Å². The molecule has 0 aliphatic carbocycles. The molecule has 1 aliphatic rings. The number of nitriles is 1. The minimum absolute atomic E-state index is 0.0289. The molecule has 36 heavy (non-hydrogen) atoms. The van der Waals surface area contributed by atoms with Gasteiger partial charge >= 0.3 is 0 Å². The zero-order valence-corrected chi connectivity index (χ0v) is 20.4. The number of aromatic nitrogens is 2. The van der Waals surface area contributed by atoms with Crippen LogP contribution in [0.2, 0.25) is 0 Å². The predicted molar refractivity (Wildman–Crippen MR) is 138 cm³/mol. The number of aryl methyl sites for hydroxylation is 2.